The van der Waals surface area contributed by atoms with Crippen LogP contribution >= 0.6 is 0 Å². The fourth-order valence-corrected chi connectivity index (χ4v) is 4.71. The second-order valence-electron chi connectivity index (χ2n) is 9.30. The molecule has 3 unspecified atom stereocenters. The molecule has 1 N–H and O–H groups in total. The predicted octanol–water partition coefficient (Wildman–Crippen LogP) is 1.21. The Morgan fingerprint density at radius 1 is 1.06 bits per heavy atom. The Balaban J connectivity index is 1.56. The number of hydrogen-bond donors (Lipinski definition) is 1. The maximum atomic E-state index is 13.7. The number of hydrogen-bond acceptors (Lipinski definition) is 5. The fourth-order valence-electron chi connectivity index (χ4n) is 4.71. The van der Waals surface area contributed by atoms with Gasteiger partial charge < -0.3 is 19.5 Å². The highest BCUT2D eigenvalue weighted by Gasteiger charge is 2.59. The van der Waals surface area contributed by atoms with E-state index in [-0.39, 0.29) is 25.5 Å². The van der Waals surface area contributed by atoms with Crippen molar-refractivity contribution >= 4 is 11.8 Å². The molecule has 3 rings (SSSR count). The molecule has 2 fully saturated rings. The number of rotatable bonds is 5. The van der Waals surface area contributed by atoms with Gasteiger partial charge in [-0.2, -0.15) is 13.2 Å². The lowest BCUT2D eigenvalue weighted by Gasteiger charge is -2.39. The number of nitrogens with zero attached hydrogens (tertiary/aromatic N) is 5. The summed E-state index contributed by atoms with van der Waals surface area (Å²) in [6, 6.07) is 0. The second kappa shape index (κ2) is 9.38. The number of alkyl halides is 3. The summed E-state index contributed by atoms with van der Waals surface area (Å²) in [5.41, 5.74) is -3.36. The number of likely N-dealkylation sites (tertiary alicyclic amines) is 1. The normalized spacial score (nSPS) is 25.0. The lowest BCUT2D eigenvalue weighted by molar-refractivity contribution is -0.272. The third-order valence-electron chi connectivity index (χ3n) is 6.37. The van der Waals surface area contributed by atoms with Crippen LogP contribution in [0.2, 0.25) is 0 Å². The van der Waals surface area contributed by atoms with E-state index in [1.165, 1.54) is 18.1 Å². The van der Waals surface area contributed by atoms with Gasteiger partial charge in [0, 0.05) is 58.7 Å². The fraction of sp³-hybridized carbons (Fsp3) is 0.762. The van der Waals surface area contributed by atoms with Crippen LogP contribution in [0.5, 0.6) is 0 Å². The van der Waals surface area contributed by atoms with Crippen LogP contribution in [0, 0.1) is 11.8 Å². The van der Waals surface area contributed by atoms with Crippen molar-refractivity contribution in [2.75, 3.05) is 45.8 Å². The monoisotopic (exact) mass is 459 g/mol. The van der Waals surface area contributed by atoms with Crippen molar-refractivity contribution in [1.29, 1.82) is 0 Å². The molecule has 0 radical (unpaired) electrons. The molecule has 2 amide bonds. The summed E-state index contributed by atoms with van der Waals surface area (Å²) in [5, 5.41) is 10.4. The molecule has 180 valence electrons. The lowest BCUT2D eigenvalue weighted by Crippen LogP contribution is -2.54. The van der Waals surface area contributed by atoms with Gasteiger partial charge >= 0.3 is 6.18 Å². The van der Waals surface area contributed by atoms with Crippen LogP contribution in [-0.4, -0.2) is 93.2 Å². The first-order chi connectivity index (χ1) is 14.9. The van der Waals surface area contributed by atoms with Crippen LogP contribution < -0.4 is 0 Å². The number of piperidine rings is 1. The van der Waals surface area contributed by atoms with Crippen molar-refractivity contribution in [3.8, 4) is 0 Å². The van der Waals surface area contributed by atoms with E-state index in [2.05, 4.69) is 18.8 Å². The third kappa shape index (κ3) is 5.25. The zero-order valence-electron chi connectivity index (χ0n) is 18.8. The molecule has 1 aromatic rings. The Morgan fingerprint density at radius 3 is 2.16 bits per heavy atom. The molecule has 3 atom stereocenters. The first kappa shape index (κ1) is 24.5. The molecule has 2 aliphatic rings. The molecule has 1 aromatic heterocycles. The van der Waals surface area contributed by atoms with E-state index in [0.29, 0.717) is 24.9 Å². The number of carbonyl (C=O) groups excluding carboxylic acids is 2. The van der Waals surface area contributed by atoms with Gasteiger partial charge in [0.05, 0.1) is 13.0 Å². The number of halogens is 3. The summed E-state index contributed by atoms with van der Waals surface area (Å²) in [5.74, 6) is -0.444. The molecule has 0 spiro atoms. The van der Waals surface area contributed by atoms with E-state index in [1.54, 1.807) is 0 Å². The Hall–Kier alpha value is -2.14. The average molecular weight is 460 g/mol. The molecule has 3 heterocycles. The molecule has 0 saturated carbocycles. The second-order valence-corrected chi connectivity index (χ2v) is 9.30. The minimum Gasteiger partial charge on any atom is -0.374 e. The van der Waals surface area contributed by atoms with Crippen LogP contribution in [0.3, 0.4) is 0 Å². The van der Waals surface area contributed by atoms with Crippen molar-refractivity contribution in [1.82, 2.24) is 24.3 Å². The number of aromatic nitrogens is 2. The zero-order valence-corrected chi connectivity index (χ0v) is 18.8. The zero-order chi connectivity index (χ0) is 23.7. The van der Waals surface area contributed by atoms with Crippen molar-refractivity contribution in [2.45, 2.75) is 38.5 Å². The van der Waals surface area contributed by atoms with E-state index in [4.69, 9.17) is 0 Å². The Morgan fingerprint density at radius 2 is 1.66 bits per heavy atom. The van der Waals surface area contributed by atoms with Gasteiger partial charge in [0.1, 0.15) is 0 Å². The van der Waals surface area contributed by atoms with E-state index >= 15 is 0 Å². The third-order valence-corrected chi connectivity index (χ3v) is 6.37. The van der Waals surface area contributed by atoms with Gasteiger partial charge in [0.15, 0.2) is 5.82 Å². The average Bonchev–Trinajstić information content (AvgIpc) is 3.13. The topological polar surface area (TPSA) is 81.9 Å². The first-order valence-electron chi connectivity index (χ1n) is 11.0. The minimum atomic E-state index is -5.06. The summed E-state index contributed by atoms with van der Waals surface area (Å²) in [6.07, 6.45) is -2.65. The highest BCUT2D eigenvalue weighted by molar-refractivity contribution is 5.79. The van der Waals surface area contributed by atoms with Crippen LogP contribution in [0.1, 0.15) is 32.5 Å². The van der Waals surface area contributed by atoms with Crippen LogP contribution in [0.15, 0.2) is 12.4 Å². The Labute approximate surface area is 186 Å². The van der Waals surface area contributed by atoms with Crippen molar-refractivity contribution in [3.05, 3.63) is 18.2 Å². The maximum Gasteiger partial charge on any atom is 0.425 e. The van der Waals surface area contributed by atoms with Gasteiger partial charge in [-0.1, -0.05) is 13.8 Å². The van der Waals surface area contributed by atoms with Gasteiger partial charge in [-0.05, 0) is 18.3 Å². The molecule has 0 aliphatic carbocycles. The summed E-state index contributed by atoms with van der Waals surface area (Å²) in [4.78, 5) is 34.1. The number of aliphatic hydroxyl groups is 1. The Bertz CT molecular complexity index is 812. The van der Waals surface area contributed by atoms with Crippen molar-refractivity contribution in [2.24, 2.45) is 18.9 Å². The Kier molecular flexibility index (Phi) is 7.18. The van der Waals surface area contributed by atoms with Gasteiger partial charge in [-0.3, -0.25) is 14.5 Å². The molecule has 2 aliphatic heterocycles. The van der Waals surface area contributed by atoms with Crippen LogP contribution in [0.25, 0.3) is 0 Å². The van der Waals surface area contributed by atoms with Gasteiger partial charge in [-0.15, -0.1) is 0 Å². The van der Waals surface area contributed by atoms with E-state index in [0.717, 1.165) is 30.3 Å². The summed E-state index contributed by atoms with van der Waals surface area (Å²) in [7, 11) is 1.34. The largest absolute Gasteiger partial charge is 0.425 e. The maximum absolute atomic E-state index is 13.7. The molecular formula is C21H32F3N5O3. The highest BCUT2D eigenvalue weighted by Crippen LogP contribution is 2.41. The summed E-state index contributed by atoms with van der Waals surface area (Å²) < 4.78 is 42.1. The SMILES string of the molecule is CC1CC(C)CN(C(=O)CN2CCN(C(=O)CC(O)(c3nccn3C)C(F)(F)F)CC2)C1. The van der Waals surface area contributed by atoms with Crippen molar-refractivity contribution < 1.29 is 27.9 Å². The lowest BCUT2D eigenvalue weighted by atomic mass is 9.92. The number of amides is 2. The van der Waals surface area contributed by atoms with E-state index in [9.17, 15) is 27.9 Å². The number of imidazole rings is 1. The van der Waals surface area contributed by atoms with Gasteiger partial charge in [0.2, 0.25) is 17.4 Å². The minimum absolute atomic E-state index is 0.0457. The van der Waals surface area contributed by atoms with Crippen molar-refractivity contribution in [3.63, 3.8) is 0 Å². The van der Waals surface area contributed by atoms with Gasteiger partial charge in [0.25, 0.3) is 0 Å². The standard InChI is InChI=1S/C21H32F3N5O3/c1-15-10-16(2)13-29(12-15)18(31)14-27-6-8-28(9-7-27)17(30)11-20(32,21(22,23)24)19-25-4-5-26(19)3/h4-5,15-16,32H,6-14H2,1-3H3. The summed E-state index contributed by atoms with van der Waals surface area (Å²) in [6.45, 7) is 7.17. The molecule has 32 heavy (non-hydrogen) atoms. The molecule has 11 heteroatoms. The molecule has 2 saturated heterocycles. The van der Waals surface area contributed by atoms with Gasteiger partial charge in [-0.25, -0.2) is 4.98 Å². The number of piperazine rings is 1. The van der Waals surface area contributed by atoms with E-state index < -0.39 is 29.9 Å². The molecular weight excluding hydrogens is 427 g/mol. The quantitative estimate of drug-likeness (QED) is 0.716. The molecule has 0 aromatic carbocycles. The first-order valence-corrected chi connectivity index (χ1v) is 11.0. The highest BCUT2D eigenvalue weighted by atomic mass is 19.4. The van der Waals surface area contributed by atoms with E-state index in [1.807, 2.05) is 9.80 Å². The summed E-state index contributed by atoms with van der Waals surface area (Å²) >= 11 is 0. The number of aryl methyl sites for hydroxylation is 1. The molecule has 8 nitrogen and oxygen atoms in total. The van der Waals surface area contributed by atoms with Crippen LogP contribution in [-0.2, 0) is 22.2 Å². The smallest absolute Gasteiger partial charge is 0.374 e. The molecule has 0 bridgehead atoms. The van der Waals surface area contributed by atoms with Crippen LogP contribution in [0.4, 0.5) is 13.2 Å². The predicted molar refractivity (Wildman–Crippen MR) is 110 cm³/mol. The number of carbonyl (C=O) groups is 2.